The Balaban J connectivity index is 1.41. The molecule has 8 heteroatoms. The summed E-state index contributed by atoms with van der Waals surface area (Å²) in [7, 11) is 0. The van der Waals surface area contributed by atoms with Crippen LogP contribution in [0.1, 0.15) is 38.2 Å². The molecular weight excluding hydrogens is 398 g/mol. The van der Waals surface area contributed by atoms with Crippen molar-refractivity contribution in [1.29, 1.82) is 0 Å². The monoisotopic (exact) mass is 423 g/mol. The van der Waals surface area contributed by atoms with Crippen LogP contribution in [0.2, 0.25) is 5.02 Å². The predicted molar refractivity (Wildman–Crippen MR) is 111 cm³/mol. The SMILES string of the molecule is C[C@@H]1CCCC[C@@]12NC(=O)N(CC(=O)NCCSCc1ccc(Cl)cc1)C2=O. The summed E-state index contributed by atoms with van der Waals surface area (Å²) in [6, 6.07) is 7.22. The van der Waals surface area contributed by atoms with Crippen LogP contribution in [0.25, 0.3) is 0 Å². The highest BCUT2D eigenvalue weighted by molar-refractivity contribution is 7.98. The van der Waals surface area contributed by atoms with Crippen LogP contribution < -0.4 is 10.6 Å². The summed E-state index contributed by atoms with van der Waals surface area (Å²) >= 11 is 7.56. The van der Waals surface area contributed by atoms with Gasteiger partial charge in [-0.1, -0.05) is 43.5 Å². The molecule has 1 aliphatic carbocycles. The molecule has 1 spiro atoms. The van der Waals surface area contributed by atoms with Gasteiger partial charge in [0.1, 0.15) is 12.1 Å². The number of thioether (sulfide) groups is 1. The second-order valence-electron chi connectivity index (χ2n) is 7.47. The highest BCUT2D eigenvalue weighted by Crippen LogP contribution is 2.38. The smallest absolute Gasteiger partial charge is 0.325 e. The Kier molecular flexibility index (Phi) is 6.88. The number of hydrogen-bond donors (Lipinski definition) is 2. The van der Waals surface area contributed by atoms with E-state index in [4.69, 9.17) is 11.6 Å². The molecule has 0 unspecified atom stereocenters. The van der Waals surface area contributed by atoms with Gasteiger partial charge in [-0.15, -0.1) is 0 Å². The van der Waals surface area contributed by atoms with Gasteiger partial charge in [0.15, 0.2) is 0 Å². The van der Waals surface area contributed by atoms with Crippen LogP contribution in [0.15, 0.2) is 24.3 Å². The minimum absolute atomic E-state index is 0.0926. The number of hydrogen-bond acceptors (Lipinski definition) is 4. The first-order valence-corrected chi connectivity index (χ1v) is 11.2. The van der Waals surface area contributed by atoms with Crippen molar-refractivity contribution in [2.24, 2.45) is 5.92 Å². The molecule has 1 saturated carbocycles. The molecule has 4 amide bonds. The second kappa shape index (κ2) is 9.18. The van der Waals surface area contributed by atoms with Crippen LogP contribution in [0.3, 0.4) is 0 Å². The Labute approximate surface area is 174 Å². The van der Waals surface area contributed by atoms with Crippen molar-refractivity contribution < 1.29 is 14.4 Å². The molecule has 1 aromatic carbocycles. The average Bonchev–Trinajstić information content (AvgIpc) is 2.90. The van der Waals surface area contributed by atoms with Gasteiger partial charge in [0.25, 0.3) is 5.91 Å². The number of carbonyl (C=O) groups excluding carboxylic acids is 3. The highest BCUT2D eigenvalue weighted by Gasteiger charge is 2.55. The van der Waals surface area contributed by atoms with Crippen molar-refractivity contribution in [3.8, 4) is 0 Å². The molecule has 1 aliphatic heterocycles. The summed E-state index contributed by atoms with van der Waals surface area (Å²) in [5.41, 5.74) is 0.358. The third kappa shape index (κ3) is 4.63. The fourth-order valence-electron chi connectivity index (χ4n) is 3.87. The topological polar surface area (TPSA) is 78.5 Å². The van der Waals surface area contributed by atoms with Crippen LogP contribution in [0, 0.1) is 5.92 Å². The zero-order chi connectivity index (χ0) is 20.1. The van der Waals surface area contributed by atoms with Gasteiger partial charge in [-0.2, -0.15) is 11.8 Å². The van der Waals surface area contributed by atoms with E-state index in [0.29, 0.717) is 18.0 Å². The number of carbonyl (C=O) groups is 3. The lowest BCUT2D eigenvalue weighted by molar-refractivity contribution is -0.137. The van der Waals surface area contributed by atoms with Crippen LogP contribution in [0.5, 0.6) is 0 Å². The van der Waals surface area contributed by atoms with Gasteiger partial charge in [0.2, 0.25) is 5.91 Å². The van der Waals surface area contributed by atoms with E-state index in [1.54, 1.807) is 11.8 Å². The first kappa shape index (κ1) is 21.0. The minimum Gasteiger partial charge on any atom is -0.354 e. The quantitative estimate of drug-likeness (QED) is 0.521. The zero-order valence-corrected chi connectivity index (χ0v) is 17.6. The van der Waals surface area contributed by atoms with Crippen LogP contribution in [-0.2, 0) is 15.3 Å². The number of amides is 4. The van der Waals surface area contributed by atoms with E-state index in [-0.39, 0.29) is 24.3 Å². The Morgan fingerprint density at radius 1 is 1.32 bits per heavy atom. The van der Waals surface area contributed by atoms with E-state index in [1.165, 1.54) is 5.56 Å². The molecule has 152 valence electrons. The molecule has 2 atom stereocenters. The van der Waals surface area contributed by atoms with Crippen molar-refractivity contribution in [3.63, 3.8) is 0 Å². The maximum atomic E-state index is 12.8. The second-order valence-corrected chi connectivity index (χ2v) is 9.01. The minimum atomic E-state index is -0.815. The largest absolute Gasteiger partial charge is 0.354 e. The van der Waals surface area contributed by atoms with E-state index >= 15 is 0 Å². The Bertz CT molecular complexity index is 743. The fourth-order valence-corrected chi connectivity index (χ4v) is 4.82. The average molecular weight is 424 g/mol. The zero-order valence-electron chi connectivity index (χ0n) is 16.0. The molecule has 1 saturated heterocycles. The molecule has 1 aromatic rings. The van der Waals surface area contributed by atoms with Crippen molar-refractivity contribution in [2.75, 3.05) is 18.8 Å². The van der Waals surface area contributed by atoms with E-state index < -0.39 is 11.6 Å². The van der Waals surface area contributed by atoms with Crippen molar-refractivity contribution in [2.45, 2.75) is 43.9 Å². The molecule has 0 bridgehead atoms. The van der Waals surface area contributed by atoms with Gasteiger partial charge in [0.05, 0.1) is 0 Å². The van der Waals surface area contributed by atoms with Gasteiger partial charge in [-0.25, -0.2) is 4.79 Å². The third-order valence-electron chi connectivity index (χ3n) is 5.55. The molecule has 0 radical (unpaired) electrons. The molecule has 28 heavy (non-hydrogen) atoms. The summed E-state index contributed by atoms with van der Waals surface area (Å²) in [6.07, 6.45) is 3.55. The maximum Gasteiger partial charge on any atom is 0.325 e. The van der Waals surface area contributed by atoms with E-state index in [1.807, 2.05) is 31.2 Å². The first-order chi connectivity index (χ1) is 13.4. The summed E-state index contributed by atoms with van der Waals surface area (Å²) in [5.74, 6) is 1.11. The van der Waals surface area contributed by atoms with Gasteiger partial charge < -0.3 is 10.6 Å². The molecule has 0 aromatic heterocycles. The van der Waals surface area contributed by atoms with Crippen LogP contribution in [0.4, 0.5) is 4.79 Å². The standard InChI is InChI=1S/C20H26ClN3O3S/c1-14-4-2-3-9-20(14)18(26)24(19(27)23-20)12-17(25)22-10-11-28-13-15-5-7-16(21)8-6-15/h5-8,14H,2-4,9-13H2,1H3,(H,22,25)(H,23,27)/t14-,20-/m1/s1. The number of nitrogens with one attached hydrogen (secondary N) is 2. The number of nitrogens with zero attached hydrogens (tertiary/aromatic N) is 1. The van der Waals surface area contributed by atoms with Crippen LogP contribution in [-0.4, -0.2) is 47.1 Å². The number of benzene rings is 1. The van der Waals surface area contributed by atoms with E-state index in [9.17, 15) is 14.4 Å². The molecule has 2 N–H and O–H groups in total. The lowest BCUT2D eigenvalue weighted by Gasteiger charge is -2.36. The summed E-state index contributed by atoms with van der Waals surface area (Å²) in [6.45, 7) is 2.27. The van der Waals surface area contributed by atoms with Crippen LogP contribution >= 0.6 is 23.4 Å². The molecule has 2 aliphatic rings. The molecule has 2 fully saturated rings. The van der Waals surface area contributed by atoms with Crippen molar-refractivity contribution >= 4 is 41.2 Å². The van der Waals surface area contributed by atoms with Gasteiger partial charge >= 0.3 is 6.03 Å². The maximum absolute atomic E-state index is 12.8. The van der Waals surface area contributed by atoms with Gasteiger partial charge in [0, 0.05) is 23.1 Å². The van der Waals surface area contributed by atoms with E-state index in [2.05, 4.69) is 10.6 Å². The lowest BCUT2D eigenvalue weighted by atomic mass is 9.73. The molecular formula is C20H26ClN3O3S. The molecule has 1 heterocycles. The third-order valence-corrected chi connectivity index (χ3v) is 6.84. The lowest BCUT2D eigenvalue weighted by Crippen LogP contribution is -2.54. The fraction of sp³-hybridized carbons (Fsp3) is 0.550. The summed E-state index contributed by atoms with van der Waals surface area (Å²) in [5, 5.41) is 6.37. The van der Waals surface area contributed by atoms with Crippen molar-refractivity contribution in [3.05, 3.63) is 34.9 Å². The number of urea groups is 1. The Hall–Kier alpha value is -1.73. The Morgan fingerprint density at radius 2 is 2.07 bits per heavy atom. The van der Waals surface area contributed by atoms with E-state index in [0.717, 1.165) is 35.7 Å². The molecule has 3 rings (SSSR count). The highest BCUT2D eigenvalue weighted by atomic mass is 35.5. The first-order valence-electron chi connectivity index (χ1n) is 9.65. The number of rotatable bonds is 7. The normalized spacial score (nSPS) is 24.5. The molecule has 6 nitrogen and oxygen atoms in total. The summed E-state index contributed by atoms with van der Waals surface area (Å²) in [4.78, 5) is 38.4. The van der Waals surface area contributed by atoms with Gasteiger partial charge in [-0.3, -0.25) is 14.5 Å². The van der Waals surface area contributed by atoms with Crippen molar-refractivity contribution in [1.82, 2.24) is 15.5 Å². The number of halogens is 1. The number of imide groups is 1. The Morgan fingerprint density at radius 3 is 2.79 bits per heavy atom. The summed E-state index contributed by atoms with van der Waals surface area (Å²) < 4.78 is 0. The van der Waals surface area contributed by atoms with Gasteiger partial charge in [-0.05, 0) is 36.5 Å². The predicted octanol–water partition coefficient (Wildman–Crippen LogP) is 3.19.